The van der Waals surface area contributed by atoms with Gasteiger partial charge in [0.1, 0.15) is 5.56 Å². The van der Waals surface area contributed by atoms with Crippen LogP contribution in [0.4, 0.5) is 5.69 Å². The number of halogens is 1. The Balaban J connectivity index is 1.31. The van der Waals surface area contributed by atoms with Crippen molar-refractivity contribution in [1.29, 1.82) is 0 Å². The van der Waals surface area contributed by atoms with E-state index < -0.39 is 17.2 Å². The second-order valence-electron chi connectivity index (χ2n) is 12.1. The van der Waals surface area contributed by atoms with E-state index >= 15 is 0 Å². The predicted molar refractivity (Wildman–Crippen MR) is 181 cm³/mol. The number of hydrogen-bond acceptors (Lipinski definition) is 7. The molecule has 1 atom stereocenters. The van der Waals surface area contributed by atoms with Crippen molar-refractivity contribution in [3.05, 3.63) is 96.8 Å². The summed E-state index contributed by atoms with van der Waals surface area (Å²) >= 11 is 7.13. The van der Waals surface area contributed by atoms with Crippen LogP contribution in [-0.2, 0) is 25.3 Å². The van der Waals surface area contributed by atoms with Crippen molar-refractivity contribution >= 4 is 29.1 Å². The molecule has 2 amide bonds. The lowest BCUT2D eigenvalue weighted by Crippen LogP contribution is -2.48. The van der Waals surface area contributed by atoms with Crippen molar-refractivity contribution < 1.29 is 14.3 Å². The molecule has 1 saturated heterocycles. The summed E-state index contributed by atoms with van der Waals surface area (Å²) in [5, 5.41) is 3.35. The van der Waals surface area contributed by atoms with E-state index in [2.05, 4.69) is 16.3 Å². The topological polar surface area (TPSA) is 119 Å². The molecule has 2 aliphatic rings. The molecule has 1 aliphatic carbocycles. The van der Waals surface area contributed by atoms with Gasteiger partial charge in [0.15, 0.2) is 0 Å². The van der Waals surface area contributed by atoms with E-state index in [4.69, 9.17) is 21.3 Å². The minimum absolute atomic E-state index is 0.111. The zero-order valence-electron chi connectivity index (χ0n) is 27.1. The number of rotatable bonds is 6. The van der Waals surface area contributed by atoms with Crippen LogP contribution in [0.15, 0.2) is 58.3 Å². The number of anilines is 1. The lowest BCUT2D eigenvalue weighted by Gasteiger charge is -2.38. The first kappa shape index (κ1) is 32.2. The molecule has 0 saturated carbocycles. The summed E-state index contributed by atoms with van der Waals surface area (Å²) in [7, 11) is 4.47. The van der Waals surface area contributed by atoms with Crippen LogP contribution in [0.25, 0.3) is 22.4 Å². The minimum Gasteiger partial charge on any atom is -0.481 e. The Labute approximate surface area is 277 Å². The predicted octanol–water partition coefficient (Wildman–Crippen LogP) is 4.19. The Morgan fingerprint density at radius 3 is 2.38 bits per heavy atom. The molecule has 11 nitrogen and oxygen atoms in total. The zero-order valence-corrected chi connectivity index (χ0v) is 27.8. The smallest absolute Gasteiger partial charge is 0.330 e. The molecule has 4 aromatic rings. The lowest BCUT2D eigenvalue weighted by atomic mass is 9.96. The van der Waals surface area contributed by atoms with Crippen molar-refractivity contribution in [3.8, 4) is 28.3 Å². The van der Waals surface area contributed by atoms with Gasteiger partial charge >= 0.3 is 5.69 Å². The summed E-state index contributed by atoms with van der Waals surface area (Å²) in [6, 6.07) is 13.6. The van der Waals surface area contributed by atoms with Crippen LogP contribution < -0.4 is 21.3 Å². The first-order valence-electron chi connectivity index (χ1n) is 15.5. The lowest BCUT2D eigenvalue weighted by molar-refractivity contribution is -0.130. The van der Waals surface area contributed by atoms with Gasteiger partial charge in [-0.2, -0.15) is 0 Å². The van der Waals surface area contributed by atoms with E-state index in [0.717, 1.165) is 58.3 Å². The highest BCUT2D eigenvalue weighted by Crippen LogP contribution is 2.45. The van der Waals surface area contributed by atoms with Crippen LogP contribution in [0.5, 0.6) is 5.88 Å². The van der Waals surface area contributed by atoms with Crippen molar-refractivity contribution in [2.45, 2.75) is 32.7 Å². The van der Waals surface area contributed by atoms with E-state index in [9.17, 15) is 19.2 Å². The molecule has 6 rings (SSSR count). The number of aromatic nitrogens is 3. The fourth-order valence-corrected chi connectivity index (χ4v) is 7.07. The molecule has 244 valence electrons. The Morgan fingerprint density at radius 1 is 1.00 bits per heavy atom. The highest BCUT2D eigenvalue weighted by molar-refractivity contribution is 6.36. The average molecular weight is 657 g/mol. The van der Waals surface area contributed by atoms with Gasteiger partial charge in [-0.05, 0) is 48.6 Å². The third-order valence-corrected chi connectivity index (χ3v) is 9.77. The molecule has 47 heavy (non-hydrogen) atoms. The molecular weight excluding hydrogens is 620 g/mol. The Hall–Kier alpha value is -4.74. The number of piperazine rings is 1. The molecule has 1 fully saturated rings. The van der Waals surface area contributed by atoms with Crippen molar-refractivity contribution in [2.75, 3.05) is 38.6 Å². The Kier molecular flexibility index (Phi) is 8.78. The number of nitrogens with one attached hydrogen (secondary N) is 1. The van der Waals surface area contributed by atoms with Gasteiger partial charge in [0.25, 0.3) is 11.5 Å². The van der Waals surface area contributed by atoms with E-state index in [1.807, 2.05) is 42.2 Å². The van der Waals surface area contributed by atoms with E-state index in [1.54, 1.807) is 20.1 Å². The Bertz CT molecular complexity index is 2030. The number of carbonyl (C=O) groups excluding carboxylic acids is 2. The first-order valence-corrected chi connectivity index (χ1v) is 15.9. The molecule has 1 N–H and O–H groups in total. The number of benzene rings is 2. The van der Waals surface area contributed by atoms with Crippen LogP contribution in [-0.4, -0.2) is 69.0 Å². The molecule has 12 heteroatoms. The van der Waals surface area contributed by atoms with Crippen LogP contribution in [0.1, 0.15) is 46.4 Å². The molecule has 0 radical (unpaired) electrons. The molecular formula is C35H37ClN6O5. The van der Waals surface area contributed by atoms with Crippen LogP contribution >= 0.6 is 11.6 Å². The molecule has 3 heterocycles. The molecule has 2 aromatic carbocycles. The summed E-state index contributed by atoms with van der Waals surface area (Å²) in [4.78, 5) is 59.0. The summed E-state index contributed by atoms with van der Waals surface area (Å²) < 4.78 is 7.97. The van der Waals surface area contributed by atoms with Crippen molar-refractivity contribution in [3.63, 3.8) is 0 Å². The molecule has 1 aliphatic heterocycles. The third kappa shape index (κ3) is 5.85. The summed E-state index contributed by atoms with van der Waals surface area (Å²) in [5.41, 5.74) is 5.26. The van der Waals surface area contributed by atoms with Crippen LogP contribution in [0.2, 0.25) is 5.02 Å². The van der Waals surface area contributed by atoms with Gasteiger partial charge < -0.3 is 19.5 Å². The Morgan fingerprint density at radius 2 is 1.68 bits per heavy atom. The number of hydrogen-bond donors (Lipinski definition) is 1. The van der Waals surface area contributed by atoms with Crippen LogP contribution in [0, 0.1) is 6.92 Å². The molecule has 0 unspecified atom stereocenters. The number of ether oxygens (including phenoxy) is 1. The second-order valence-corrected chi connectivity index (χ2v) is 12.5. The van der Waals surface area contributed by atoms with E-state index in [1.165, 1.54) is 30.4 Å². The number of methoxy groups -OCH3 is 1. The van der Waals surface area contributed by atoms with Gasteiger partial charge in [0.05, 0.1) is 17.8 Å². The number of nitrogens with zero attached hydrogens (tertiary/aromatic N) is 5. The van der Waals surface area contributed by atoms with Crippen molar-refractivity contribution in [1.82, 2.24) is 23.9 Å². The SMILES string of the molecule is COc1nc(-c2cccc(-c3cccc(NC(=O)c4cn(C)c(=O)n(C)c4=O)c3C)c2Cl)cc2c1[C@@H](N1CCN(C(C)=O)CC1)CC2. The minimum atomic E-state index is -0.672. The number of amides is 2. The van der Waals surface area contributed by atoms with Gasteiger partial charge in [-0.1, -0.05) is 41.9 Å². The third-order valence-electron chi connectivity index (χ3n) is 9.36. The fraction of sp³-hybridized carbons (Fsp3) is 0.343. The number of aryl methyl sites for hydroxylation is 2. The molecule has 0 spiro atoms. The van der Waals surface area contributed by atoms with Gasteiger partial charge in [-0.3, -0.25) is 23.9 Å². The molecule has 0 bridgehead atoms. The summed E-state index contributed by atoms with van der Waals surface area (Å²) in [6.45, 7) is 6.54. The highest BCUT2D eigenvalue weighted by atomic mass is 35.5. The van der Waals surface area contributed by atoms with Gasteiger partial charge in [0.2, 0.25) is 11.8 Å². The normalized spacial score (nSPS) is 16.2. The summed E-state index contributed by atoms with van der Waals surface area (Å²) in [5.74, 6) is 0.0789. The molecule has 2 aromatic heterocycles. The van der Waals surface area contributed by atoms with Gasteiger partial charge in [-0.15, -0.1) is 0 Å². The van der Waals surface area contributed by atoms with E-state index in [-0.39, 0.29) is 17.5 Å². The maximum atomic E-state index is 13.2. The van der Waals surface area contributed by atoms with Crippen molar-refractivity contribution in [2.24, 2.45) is 14.1 Å². The number of fused-ring (bicyclic) bond motifs is 1. The first-order chi connectivity index (χ1) is 22.5. The monoisotopic (exact) mass is 656 g/mol. The maximum Gasteiger partial charge on any atom is 0.330 e. The number of carbonyl (C=O) groups is 2. The zero-order chi connectivity index (χ0) is 33.6. The highest BCUT2D eigenvalue weighted by Gasteiger charge is 2.34. The fourth-order valence-electron chi connectivity index (χ4n) is 6.74. The summed E-state index contributed by atoms with van der Waals surface area (Å²) in [6.07, 6.45) is 3.08. The number of pyridine rings is 1. The largest absolute Gasteiger partial charge is 0.481 e. The maximum absolute atomic E-state index is 13.2. The van der Waals surface area contributed by atoms with Gasteiger partial charge in [0, 0.05) is 81.8 Å². The average Bonchev–Trinajstić information content (AvgIpc) is 3.50. The van der Waals surface area contributed by atoms with Gasteiger partial charge in [-0.25, -0.2) is 9.78 Å². The quantitative estimate of drug-likeness (QED) is 0.331. The second kappa shape index (κ2) is 12.8. The van der Waals surface area contributed by atoms with E-state index in [0.29, 0.717) is 35.4 Å². The standard InChI is InChI=1S/C35H37ClN6O5/c1-20-23(8-7-11-27(20)37-32(44)26-19-39(3)35(46)40(4)34(26)45)24-9-6-10-25(31(24)36)28-18-22-12-13-29(30(22)33(38-28)47-5)42-16-14-41(15-17-42)21(2)43/h6-11,18-19,29H,12-17H2,1-5H3,(H,37,44)/t29-/m0/s1. The van der Waals surface area contributed by atoms with Crippen LogP contribution in [0.3, 0.4) is 0 Å².